The van der Waals surface area contributed by atoms with E-state index >= 15 is 0 Å². The van der Waals surface area contributed by atoms with Gasteiger partial charge in [0, 0.05) is 0 Å². The molecule has 60 valence electrons. The third-order valence-electron chi connectivity index (χ3n) is 0.728. The average molecular weight is 174 g/mol. The second-order valence-corrected chi connectivity index (χ2v) is 2.70. The molecule has 0 amide bonds. The van der Waals surface area contributed by atoms with E-state index in [2.05, 4.69) is 0 Å². The van der Waals surface area contributed by atoms with Gasteiger partial charge in [-0.05, 0) is 11.8 Å². The predicted octanol–water partition coefficient (Wildman–Crippen LogP) is -0.0492. The maximum absolute atomic E-state index is 10.5. The second kappa shape index (κ2) is 5.79. The number of hydrogen-bond acceptors (Lipinski definition) is 5. The van der Waals surface area contributed by atoms with Gasteiger partial charge in [0.2, 0.25) is 10.2 Å². The van der Waals surface area contributed by atoms with Crippen molar-refractivity contribution < 1.29 is 19.2 Å². The maximum Gasteiger partial charge on any atom is 0.203 e. The fraction of sp³-hybridized carbons (Fsp3) is 0.333. The van der Waals surface area contributed by atoms with Gasteiger partial charge in [0.15, 0.2) is 0 Å². The van der Waals surface area contributed by atoms with E-state index in [1.807, 2.05) is 0 Å². The summed E-state index contributed by atoms with van der Waals surface area (Å²) in [6, 6.07) is 0. The summed E-state index contributed by atoms with van der Waals surface area (Å²) < 4.78 is 0. The first-order valence-electron chi connectivity index (χ1n) is 2.81. The highest BCUT2D eigenvalue weighted by Gasteiger charge is 2.08. The molecule has 0 rings (SSSR count). The van der Waals surface area contributed by atoms with Crippen LogP contribution in [0, 0.1) is 0 Å². The maximum atomic E-state index is 10.5. The summed E-state index contributed by atoms with van der Waals surface area (Å²) in [4.78, 5) is 40.5. The van der Waals surface area contributed by atoms with Crippen molar-refractivity contribution in [3.05, 3.63) is 0 Å². The Bertz CT molecular complexity index is 167. The SMILES string of the molecule is O=CCC(=O)SC(=O)CC=O. The number of aldehydes is 2. The quantitative estimate of drug-likeness (QED) is 0.441. The van der Waals surface area contributed by atoms with Crippen molar-refractivity contribution in [2.24, 2.45) is 0 Å². The van der Waals surface area contributed by atoms with Crippen molar-refractivity contribution in [2.45, 2.75) is 12.8 Å². The number of hydrogen-bond donors (Lipinski definition) is 0. The summed E-state index contributed by atoms with van der Waals surface area (Å²) in [5.74, 6) is 0. The second-order valence-electron chi connectivity index (χ2n) is 1.59. The summed E-state index contributed by atoms with van der Waals surface area (Å²) in [5.41, 5.74) is 0. The molecular weight excluding hydrogens is 168 g/mol. The Morgan fingerprint density at radius 1 is 1.00 bits per heavy atom. The van der Waals surface area contributed by atoms with Crippen molar-refractivity contribution in [3.63, 3.8) is 0 Å². The molecule has 11 heavy (non-hydrogen) atoms. The van der Waals surface area contributed by atoms with Crippen molar-refractivity contribution >= 4 is 34.6 Å². The Balaban J connectivity index is 3.65. The van der Waals surface area contributed by atoms with Gasteiger partial charge in [0.25, 0.3) is 0 Å². The number of thioether (sulfide) groups is 1. The number of rotatable bonds is 4. The van der Waals surface area contributed by atoms with Gasteiger partial charge >= 0.3 is 0 Å². The molecule has 0 aromatic heterocycles. The summed E-state index contributed by atoms with van der Waals surface area (Å²) in [7, 11) is 0. The van der Waals surface area contributed by atoms with Gasteiger partial charge < -0.3 is 9.59 Å². The minimum Gasteiger partial charge on any atom is -0.303 e. The Kier molecular flexibility index (Phi) is 5.28. The van der Waals surface area contributed by atoms with Gasteiger partial charge in [0.05, 0.1) is 12.8 Å². The lowest BCUT2D eigenvalue weighted by Crippen LogP contribution is -1.99. The van der Waals surface area contributed by atoms with Crippen LogP contribution >= 0.6 is 11.8 Å². The lowest BCUT2D eigenvalue weighted by atomic mass is 10.5. The molecule has 0 aliphatic carbocycles. The highest BCUT2D eigenvalue weighted by molar-refractivity contribution is 8.26. The normalized spacial score (nSPS) is 8.73. The highest BCUT2D eigenvalue weighted by Crippen LogP contribution is 2.06. The highest BCUT2D eigenvalue weighted by atomic mass is 32.2. The van der Waals surface area contributed by atoms with Crippen LogP contribution in [0.25, 0.3) is 0 Å². The molecule has 0 atom stereocenters. The van der Waals surface area contributed by atoms with Gasteiger partial charge in [-0.25, -0.2) is 0 Å². The standard InChI is InChI=1S/C6H6O4S/c7-3-1-5(9)11-6(10)2-4-8/h3-4H,1-2H2. The van der Waals surface area contributed by atoms with Crippen molar-refractivity contribution in [1.82, 2.24) is 0 Å². The van der Waals surface area contributed by atoms with E-state index in [4.69, 9.17) is 0 Å². The van der Waals surface area contributed by atoms with E-state index in [9.17, 15) is 19.2 Å². The molecule has 0 aliphatic heterocycles. The van der Waals surface area contributed by atoms with Crippen LogP contribution in [0.2, 0.25) is 0 Å². The van der Waals surface area contributed by atoms with Gasteiger partial charge in [0.1, 0.15) is 12.6 Å². The molecule has 0 heterocycles. The monoisotopic (exact) mass is 174 g/mol. The molecule has 0 aliphatic rings. The molecule has 0 saturated heterocycles. The fourth-order valence-electron chi connectivity index (χ4n) is 0.346. The van der Waals surface area contributed by atoms with Crippen molar-refractivity contribution in [3.8, 4) is 0 Å². The Labute approximate surface area is 67.3 Å². The topological polar surface area (TPSA) is 68.3 Å². The molecule has 0 aromatic rings. The molecule has 5 heteroatoms. The van der Waals surface area contributed by atoms with Crippen LogP contribution in [-0.2, 0) is 19.2 Å². The number of carbonyl (C=O) groups excluding carboxylic acids is 4. The van der Waals surface area contributed by atoms with E-state index in [0.717, 1.165) is 0 Å². The molecule has 0 bridgehead atoms. The first kappa shape index (κ1) is 10.0. The fourth-order valence-corrected chi connectivity index (χ4v) is 0.903. The summed E-state index contributed by atoms with van der Waals surface area (Å²) >= 11 is 0.408. The van der Waals surface area contributed by atoms with Crippen LogP contribution in [0.15, 0.2) is 0 Å². The van der Waals surface area contributed by atoms with Crippen LogP contribution in [0.4, 0.5) is 0 Å². The van der Waals surface area contributed by atoms with Crippen LogP contribution in [0.5, 0.6) is 0 Å². The Morgan fingerprint density at radius 2 is 1.36 bits per heavy atom. The van der Waals surface area contributed by atoms with E-state index in [0.29, 0.717) is 24.3 Å². The van der Waals surface area contributed by atoms with Gasteiger partial charge in [-0.3, -0.25) is 9.59 Å². The van der Waals surface area contributed by atoms with E-state index in [1.165, 1.54) is 0 Å². The van der Waals surface area contributed by atoms with Gasteiger partial charge in [-0.15, -0.1) is 0 Å². The Hall–Kier alpha value is -0.970. The zero-order chi connectivity index (χ0) is 8.69. The lowest BCUT2D eigenvalue weighted by molar-refractivity contribution is -0.116. The van der Waals surface area contributed by atoms with Crippen LogP contribution in [0.1, 0.15) is 12.8 Å². The third-order valence-corrected chi connectivity index (χ3v) is 1.52. The van der Waals surface area contributed by atoms with Crippen molar-refractivity contribution in [2.75, 3.05) is 0 Å². The summed E-state index contributed by atoms with van der Waals surface area (Å²) in [6.45, 7) is 0. The zero-order valence-corrected chi connectivity index (χ0v) is 6.43. The average Bonchev–Trinajstić information content (AvgIpc) is 1.87. The van der Waals surface area contributed by atoms with Gasteiger partial charge in [-0.1, -0.05) is 0 Å². The third kappa shape index (κ3) is 5.47. The minimum absolute atomic E-state index is 0.282. The van der Waals surface area contributed by atoms with E-state index < -0.39 is 10.2 Å². The molecular formula is C6H6O4S. The predicted molar refractivity (Wildman–Crippen MR) is 39.0 cm³/mol. The first-order chi connectivity index (χ1) is 5.20. The van der Waals surface area contributed by atoms with Crippen LogP contribution < -0.4 is 0 Å². The molecule has 0 radical (unpaired) electrons. The van der Waals surface area contributed by atoms with Crippen molar-refractivity contribution in [1.29, 1.82) is 0 Å². The molecule has 0 N–H and O–H groups in total. The van der Waals surface area contributed by atoms with E-state index in [1.54, 1.807) is 0 Å². The summed E-state index contributed by atoms with van der Waals surface area (Å²) in [5, 5.41) is -1.04. The lowest BCUT2D eigenvalue weighted by Gasteiger charge is -1.89. The molecule has 0 spiro atoms. The van der Waals surface area contributed by atoms with Crippen LogP contribution in [0.3, 0.4) is 0 Å². The minimum atomic E-state index is -0.521. The Morgan fingerprint density at radius 3 is 1.64 bits per heavy atom. The first-order valence-corrected chi connectivity index (χ1v) is 3.63. The van der Waals surface area contributed by atoms with E-state index in [-0.39, 0.29) is 12.8 Å². The molecule has 4 nitrogen and oxygen atoms in total. The smallest absolute Gasteiger partial charge is 0.203 e. The van der Waals surface area contributed by atoms with Crippen LogP contribution in [-0.4, -0.2) is 22.8 Å². The summed E-state index contributed by atoms with van der Waals surface area (Å²) in [6.07, 6.45) is 0.275. The molecule has 0 saturated carbocycles. The molecule has 0 unspecified atom stereocenters. The molecule has 0 aromatic carbocycles. The zero-order valence-electron chi connectivity index (χ0n) is 5.61. The number of carbonyl (C=O) groups is 4. The molecule has 0 fully saturated rings. The largest absolute Gasteiger partial charge is 0.303 e. The van der Waals surface area contributed by atoms with Gasteiger partial charge in [-0.2, -0.15) is 0 Å².